The van der Waals surface area contributed by atoms with Crippen molar-refractivity contribution in [1.29, 1.82) is 0 Å². The van der Waals surface area contributed by atoms with Crippen molar-refractivity contribution in [2.75, 3.05) is 6.54 Å². The average Bonchev–Trinajstić information content (AvgIpc) is 2.96. The van der Waals surface area contributed by atoms with Gasteiger partial charge in [0, 0.05) is 11.4 Å². The van der Waals surface area contributed by atoms with Crippen LogP contribution in [0.1, 0.15) is 37.0 Å². The molecule has 0 spiro atoms. The Morgan fingerprint density at radius 3 is 2.84 bits per heavy atom. The van der Waals surface area contributed by atoms with E-state index < -0.39 is 6.10 Å². The van der Waals surface area contributed by atoms with E-state index in [1.807, 2.05) is 17.5 Å². The number of carbonyl (C=O) groups excluding carboxylic acids is 1. The Morgan fingerprint density at radius 1 is 1.37 bits per heavy atom. The van der Waals surface area contributed by atoms with Crippen molar-refractivity contribution in [3.8, 4) is 0 Å². The molecule has 106 valence electrons. The van der Waals surface area contributed by atoms with Gasteiger partial charge >= 0.3 is 6.03 Å². The number of aliphatic hydroxyl groups excluding tert-OH is 1. The van der Waals surface area contributed by atoms with Crippen LogP contribution in [0.3, 0.4) is 0 Å². The third-order valence-corrected chi connectivity index (χ3v) is 4.55. The summed E-state index contributed by atoms with van der Waals surface area (Å²) >= 11 is 1.62. The van der Waals surface area contributed by atoms with Gasteiger partial charge in [-0.05, 0) is 30.2 Å². The Balaban J connectivity index is 1.62. The summed E-state index contributed by atoms with van der Waals surface area (Å²) in [5.74, 6) is 0.353. The monoisotopic (exact) mass is 282 g/mol. The molecule has 1 heterocycles. The molecule has 1 unspecified atom stereocenters. The zero-order chi connectivity index (χ0) is 13.5. The number of hydrogen-bond donors (Lipinski definition) is 3. The van der Waals surface area contributed by atoms with Crippen LogP contribution in [0, 0.1) is 5.92 Å². The van der Waals surface area contributed by atoms with Gasteiger partial charge in [0.2, 0.25) is 0 Å². The Labute approximate surface area is 118 Å². The van der Waals surface area contributed by atoms with Crippen molar-refractivity contribution in [1.82, 2.24) is 10.6 Å². The SMILES string of the molecule is O=C(NCc1cccs1)NCC(O)C1CCCCC1. The molecule has 1 aliphatic rings. The van der Waals surface area contributed by atoms with Crippen molar-refractivity contribution >= 4 is 17.4 Å². The van der Waals surface area contributed by atoms with Crippen molar-refractivity contribution in [3.63, 3.8) is 0 Å². The first-order valence-electron chi connectivity index (χ1n) is 6.98. The summed E-state index contributed by atoms with van der Waals surface area (Å²) < 4.78 is 0. The van der Waals surface area contributed by atoms with Crippen molar-refractivity contribution in [2.45, 2.75) is 44.8 Å². The second kappa shape index (κ2) is 7.50. The van der Waals surface area contributed by atoms with Gasteiger partial charge in [-0.15, -0.1) is 11.3 Å². The van der Waals surface area contributed by atoms with Gasteiger partial charge < -0.3 is 15.7 Å². The largest absolute Gasteiger partial charge is 0.391 e. The molecule has 4 nitrogen and oxygen atoms in total. The molecular weight excluding hydrogens is 260 g/mol. The minimum Gasteiger partial charge on any atom is -0.391 e. The highest BCUT2D eigenvalue weighted by Gasteiger charge is 2.21. The number of hydrogen-bond acceptors (Lipinski definition) is 3. The van der Waals surface area contributed by atoms with Crippen molar-refractivity contribution in [3.05, 3.63) is 22.4 Å². The molecule has 3 N–H and O–H groups in total. The molecule has 1 atom stereocenters. The number of carbonyl (C=O) groups is 1. The minimum atomic E-state index is -0.409. The molecule has 0 radical (unpaired) electrons. The summed E-state index contributed by atoms with van der Waals surface area (Å²) in [5, 5.41) is 17.6. The van der Waals surface area contributed by atoms with Gasteiger partial charge in [0.15, 0.2) is 0 Å². The zero-order valence-corrected chi connectivity index (χ0v) is 11.9. The maximum atomic E-state index is 11.6. The zero-order valence-electron chi connectivity index (χ0n) is 11.1. The summed E-state index contributed by atoms with van der Waals surface area (Å²) in [4.78, 5) is 12.7. The quantitative estimate of drug-likeness (QED) is 0.777. The first-order chi connectivity index (χ1) is 9.25. The van der Waals surface area contributed by atoms with E-state index in [1.54, 1.807) is 11.3 Å². The van der Waals surface area contributed by atoms with Crippen LogP contribution >= 0.6 is 11.3 Å². The lowest BCUT2D eigenvalue weighted by molar-refractivity contribution is 0.0858. The smallest absolute Gasteiger partial charge is 0.315 e. The number of aliphatic hydroxyl groups is 1. The molecule has 0 saturated heterocycles. The summed E-state index contributed by atoms with van der Waals surface area (Å²) in [5.41, 5.74) is 0. The van der Waals surface area contributed by atoms with Gasteiger partial charge in [-0.2, -0.15) is 0 Å². The van der Waals surface area contributed by atoms with Crippen LogP contribution in [0.4, 0.5) is 4.79 Å². The minimum absolute atomic E-state index is 0.205. The van der Waals surface area contributed by atoms with Crippen LogP contribution in [0.5, 0.6) is 0 Å². The summed E-state index contributed by atoms with van der Waals surface area (Å²) in [7, 11) is 0. The summed E-state index contributed by atoms with van der Waals surface area (Å²) in [6, 6.07) is 3.75. The highest BCUT2D eigenvalue weighted by molar-refractivity contribution is 7.09. The number of urea groups is 1. The lowest BCUT2D eigenvalue weighted by Gasteiger charge is -2.26. The van der Waals surface area contributed by atoms with Gasteiger partial charge in [-0.1, -0.05) is 25.3 Å². The number of amides is 2. The molecule has 5 heteroatoms. The third-order valence-electron chi connectivity index (χ3n) is 3.67. The van der Waals surface area contributed by atoms with Gasteiger partial charge in [0.25, 0.3) is 0 Å². The lowest BCUT2D eigenvalue weighted by atomic mass is 9.85. The number of rotatable bonds is 5. The molecule has 1 aromatic heterocycles. The van der Waals surface area contributed by atoms with E-state index in [0.717, 1.165) is 17.7 Å². The van der Waals surface area contributed by atoms with E-state index in [-0.39, 0.29) is 6.03 Å². The van der Waals surface area contributed by atoms with Crippen LogP contribution in [0.15, 0.2) is 17.5 Å². The fourth-order valence-corrected chi connectivity index (χ4v) is 3.17. The summed E-state index contributed by atoms with van der Waals surface area (Å²) in [6.07, 6.45) is 5.43. The molecule has 1 fully saturated rings. The Hall–Kier alpha value is -1.07. The van der Waals surface area contributed by atoms with Crippen LogP contribution in [-0.2, 0) is 6.54 Å². The van der Waals surface area contributed by atoms with E-state index in [9.17, 15) is 9.90 Å². The summed E-state index contributed by atoms with van der Waals surface area (Å²) in [6.45, 7) is 0.893. The molecule has 0 aromatic carbocycles. The van der Waals surface area contributed by atoms with E-state index in [4.69, 9.17) is 0 Å². The lowest BCUT2D eigenvalue weighted by Crippen LogP contribution is -2.41. The first kappa shape index (κ1) is 14.3. The fraction of sp³-hybridized carbons (Fsp3) is 0.643. The predicted molar refractivity (Wildman–Crippen MR) is 77.1 cm³/mol. The van der Waals surface area contributed by atoms with E-state index in [0.29, 0.717) is 19.0 Å². The maximum absolute atomic E-state index is 11.6. The normalized spacial score (nSPS) is 17.9. The van der Waals surface area contributed by atoms with Crippen LogP contribution in [0.25, 0.3) is 0 Å². The average molecular weight is 282 g/mol. The predicted octanol–water partition coefficient (Wildman–Crippen LogP) is 2.49. The van der Waals surface area contributed by atoms with Gasteiger partial charge in [0.1, 0.15) is 0 Å². The molecule has 2 amide bonds. The molecule has 2 rings (SSSR count). The fourth-order valence-electron chi connectivity index (χ4n) is 2.53. The first-order valence-corrected chi connectivity index (χ1v) is 7.86. The molecule has 1 aromatic rings. The molecule has 1 saturated carbocycles. The molecule has 0 bridgehead atoms. The Morgan fingerprint density at radius 2 is 2.16 bits per heavy atom. The van der Waals surface area contributed by atoms with Crippen molar-refractivity contribution in [2.24, 2.45) is 5.92 Å². The molecular formula is C14H22N2O2S. The number of nitrogens with one attached hydrogen (secondary N) is 2. The van der Waals surface area contributed by atoms with Gasteiger partial charge in [0.05, 0.1) is 12.6 Å². The maximum Gasteiger partial charge on any atom is 0.315 e. The number of thiophene rings is 1. The molecule has 19 heavy (non-hydrogen) atoms. The topological polar surface area (TPSA) is 61.4 Å². The van der Waals surface area contributed by atoms with Gasteiger partial charge in [-0.25, -0.2) is 4.79 Å². The van der Waals surface area contributed by atoms with Crippen LogP contribution < -0.4 is 10.6 Å². The highest BCUT2D eigenvalue weighted by atomic mass is 32.1. The van der Waals surface area contributed by atoms with Crippen LogP contribution in [-0.4, -0.2) is 23.8 Å². The second-order valence-electron chi connectivity index (χ2n) is 5.11. The standard InChI is InChI=1S/C14H22N2O2S/c17-13(11-5-2-1-3-6-11)10-16-14(18)15-9-12-7-4-8-19-12/h4,7-8,11,13,17H,1-3,5-6,9-10H2,(H2,15,16,18). The van der Waals surface area contributed by atoms with E-state index in [2.05, 4.69) is 10.6 Å². The van der Waals surface area contributed by atoms with Gasteiger partial charge in [-0.3, -0.25) is 0 Å². The van der Waals surface area contributed by atoms with E-state index in [1.165, 1.54) is 19.3 Å². The molecule has 0 aliphatic heterocycles. The third kappa shape index (κ3) is 4.84. The van der Waals surface area contributed by atoms with Crippen molar-refractivity contribution < 1.29 is 9.90 Å². The second-order valence-corrected chi connectivity index (χ2v) is 6.14. The Kier molecular flexibility index (Phi) is 5.66. The van der Waals surface area contributed by atoms with E-state index >= 15 is 0 Å². The van der Waals surface area contributed by atoms with Crippen LogP contribution in [0.2, 0.25) is 0 Å². The highest BCUT2D eigenvalue weighted by Crippen LogP contribution is 2.26. The Bertz CT molecular complexity index is 375. The molecule has 1 aliphatic carbocycles.